The molecule has 0 radical (unpaired) electrons. The topological polar surface area (TPSA) is 9.23 Å². The quantitative estimate of drug-likeness (QED) is 0.727. The summed E-state index contributed by atoms with van der Waals surface area (Å²) in [4.78, 5) is 0. The molecule has 0 unspecified atom stereocenters. The fourth-order valence-electron chi connectivity index (χ4n) is 1.75. The summed E-state index contributed by atoms with van der Waals surface area (Å²) in [6, 6.07) is 6.38. The highest BCUT2D eigenvalue weighted by Gasteiger charge is 2.10. The largest absolute Gasteiger partial charge is 0.491 e. The molecule has 1 aromatic rings. The first-order chi connectivity index (χ1) is 7.41. The van der Waals surface area contributed by atoms with Crippen LogP contribution >= 0.6 is 0 Å². The maximum atomic E-state index is 5.73. The molecule has 2 heteroatoms. The molecule has 0 aliphatic carbocycles. The lowest BCUT2D eigenvalue weighted by Crippen LogP contribution is -2.26. The van der Waals surface area contributed by atoms with Crippen molar-refractivity contribution in [2.45, 2.75) is 40.0 Å². The van der Waals surface area contributed by atoms with E-state index in [9.17, 15) is 0 Å². The lowest BCUT2D eigenvalue weighted by atomic mass is 10.1. The molecule has 0 aliphatic heterocycles. The lowest BCUT2D eigenvalue weighted by molar-refractivity contribution is 0.242. The van der Waals surface area contributed by atoms with Crippen molar-refractivity contribution < 1.29 is 4.74 Å². The van der Waals surface area contributed by atoms with E-state index < -0.39 is 8.80 Å². The minimum absolute atomic E-state index is 0.234. The van der Waals surface area contributed by atoms with E-state index in [1.54, 1.807) is 0 Å². The molecular formula is C14H22OSi. The minimum Gasteiger partial charge on any atom is -0.491 e. The maximum absolute atomic E-state index is 5.73. The molecule has 0 aromatic heterocycles. The van der Waals surface area contributed by atoms with Gasteiger partial charge in [0, 0.05) is 0 Å². The zero-order valence-electron chi connectivity index (χ0n) is 11.0. The molecule has 0 saturated carbocycles. The molecule has 0 aliphatic rings. The van der Waals surface area contributed by atoms with Crippen molar-refractivity contribution in [3.05, 3.63) is 30.3 Å². The zero-order valence-corrected chi connectivity index (χ0v) is 12.2. The van der Waals surface area contributed by atoms with Crippen LogP contribution in [0.1, 0.15) is 26.3 Å². The van der Waals surface area contributed by atoms with Crippen molar-refractivity contribution in [2.24, 2.45) is 0 Å². The van der Waals surface area contributed by atoms with Gasteiger partial charge in [0.2, 0.25) is 0 Å². The van der Waals surface area contributed by atoms with Crippen molar-refractivity contribution in [2.75, 3.05) is 0 Å². The van der Waals surface area contributed by atoms with Crippen LogP contribution in [0.5, 0.6) is 5.75 Å². The third-order valence-electron chi connectivity index (χ3n) is 2.48. The van der Waals surface area contributed by atoms with Crippen LogP contribution in [0.25, 0.3) is 5.57 Å². The van der Waals surface area contributed by atoms with Gasteiger partial charge in [-0.15, -0.1) is 0 Å². The summed E-state index contributed by atoms with van der Waals surface area (Å²) in [5.74, 6) is 0.983. The van der Waals surface area contributed by atoms with E-state index in [1.165, 1.54) is 10.8 Å². The van der Waals surface area contributed by atoms with Gasteiger partial charge >= 0.3 is 0 Å². The van der Waals surface area contributed by atoms with E-state index in [-0.39, 0.29) is 6.10 Å². The molecule has 0 saturated heterocycles. The van der Waals surface area contributed by atoms with Gasteiger partial charge in [0.25, 0.3) is 0 Å². The zero-order chi connectivity index (χ0) is 12.3. The molecule has 88 valence electrons. The molecule has 0 fully saturated rings. The SMILES string of the molecule is C=C(C)c1ccc(OC(C)C)cc1[SiH](C)C. The summed E-state index contributed by atoms with van der Waals surface area (Å²) in [7, 11) is -0.838. The minimum atomic E-state index is -0.838. The second-order valence-corrected chi connectivity index (χ2v) is 7.78. The van der Waals surface area contributed by atoms with E-state index in [2.05, 4.69) is 52.6 Å². The normalized spacial score (nSPS) is 10.9. The van der Waals surface area contributed by atoms with Gasteiger partial charge in [0.1, 0.15) is 5.75 Å². The smallest absolute Gasteiger partial charge is 0.119 e. The van der Waals surface area contributed by atoms with E-state index in [0.29, 0.717) is 0 Å². The van der Waals surface area contributed by atoms with Crippen LogP contribution in [0.15, 0.2) is 24.8 Å². The second-order valence-electron chi connectivity index (χ2n) is 4.85. The Labute approximate surface area is 101 Å². The average molecular weight is 234 g/mol. The molecule has 0 heterocycles. The summed E-state index contributed by atoms with van der Waals surface area (Å²) in [6.45, 7) is 14.9. The highest BCUT2D eigenvalue weighted by Crippen LogP contribution is 2.17. The van der Waals surface area contributed by atoms with Gasteiger partial charge in [-0.2, -0.15) is 0 Å². The van der Waals surface area contributed by atoms with E-state index in [1.807, 2.05) is 6.07 Å². The second kappa shape index (κ2) is 5.35. The maximum Gasteiger partial charge on any atom is 0.119 e. The Morgan fingerprint density at radius 3 is 2.38 bits per heavy atom. The number of ether oxygens (including phenoxy) is 1. The molecule has 0 amide bonds. The number of benzene rings is 1. The fraction of sp³-hybridized carbons (Fsp3) is 0.429. The Morgan fingerprint density at radius 1 is 1.31 bits per heavy atom. The van der Waals surface area contributed by atoms with Gasteiger partial charge in [-0.3, -0.25) is 0 Å². The van der Waals surface area contributed by atoms with E-state index in [0.717, 1.165) is 11.3 Å². The first-order valence-corrected chi connectivity index (χ1v) is 8.77. The Balaban J connectivity index is 3.12. The molecule has 0 N–H and O–H groups in total. The first kappa shape index (κ1) is 13.0. The highest BCUT2D eigenvalue weighted by molar-refractivity contribution is 6.71. The van der Waals surface area contributed by atoms with Crippen molar-refractivity contribution >= 4 is 19.6 Å². The highest BCUT2D eigenvalue weighted by atomic mass is 28.3. The molecule has 0 bridgehead atoms. The van der Waals surface area contributed by atoms with Crippen LogP contribution in [0.4, 0.5) is 0 Å². The number of allylic oxidation sites excluding steroid dienone is 1. The van der Waals surface area contributed by atoms with Crippen LogP contribution in [-0.4, -0.2) is 14.9 Å². The predicted octanol–water partition coefficient (Wildman–Crippen LogP) is 3.20. The van der Waals surface area contributed by atoms with E-state index in [4.69, 9.17) is 4.74 Å². The molecule has 16 heavy (non-hydrogen) atoms. The van der Waals surface area contributed by atoms with Crippen LogP contribution in [0.3, 0.4) is 0 Å². The van der Waals surface area contributed by atoms with Crippen LogP contribution in [0, 0.1) is 0 Å². The molecule has 1 nitrogen and oxygen atoms in total. The van der Waals surface area contributed by atoms with Gasteiger partial charge < -0.3 is 4.74 Å². The van der Waals surface area contributed by atoms with Gasteiger partial charge in [-0.05, 0) is 38.5 Å². The standard InChI is InChI=1S/C14H22OSi/c1-10(2)13-8-7-12(15-11(3)4)9-14(13)16(5)6/h7-9,11,16H,1H2,2-6H3. The number of hydrogen-bond donors (Lipinski definition) is 0. The lowest BCUT2D eigenvalue weighted by Gasteiger charge is -2.16. The van der Waals surface area contributed by atoms with Crippen molar-refractivity contribution in [3.63, 3.8) is 0 Å². The monoisotopic (exact) mass is 234 g/mol. The predicted molar refractivity (Wildman–Crippen MR) is 75.4 cm³/mol. The fourth-order valence-corrected chi connectivity index (χ4v) is 3.21. The first-order valence-electron chi connectivity index (χ1n) is 5.88. The van der Waals surface area contributed by atoms with Gasteiger partial charge in [0.05, 0.1) is 14.9 Å². The Hall–Kier alpha value is -1.02. The van der Waals surface area contributed by atoms with Crippen molar-refractivity contribution in [1.82, 2.24) is 0 Å². The molecule has 1 rings (SSSR count). The van der Waals surface area contributed by atoms with Crippen LogP contribution < -0.4 is 9.92 Å². The van der Waals surface area contributed by atoms with Gasteiger partial charge in [-0.1, -0.05) is 36.5 Å². The molecular weight excluding hydrogens is 212 g/mol. The summed E-state index contributed by atoms with van der Waals surface area (Å²) >= 11 is 0. The Morgan fingerprint density at radius 2 is 1.94 bits per heavy atom. The number of rotatable bonds is 4. The Kier molecular flexibility index (Phi) is 4.36. The average Bonchev–Trinajstić information content (AvgIpc) is 2.16. The molecule has 0 atom stereocenters. The molecule has 1 aromatic carbocycles. The van der Waals surface area contributed by atoms with E-state index >= 15 is 0 Å². The van der Waals surface area contributed by atoms with Crippen LogP contribution in [0.2, 0.25) is 13.1 Å². The Bertz CT molecular complexity index is 380. The molecule has 0 spiro atoms. The van der Waals surface area contributed by atoms with Crippen LogP contribution in [-0.2, 0) is 0 Å². The third-order valence-corrected chi connectivity index (χ3v) is 4.20. The summed E-state index contributed by atoms with van der Waals surface area (Å²) in [6.07, 6.45) is 0.234. The number of hydrogen-bond acceptors (Lipinski definition) is 1. The summed E-state index contributed by atoms with van der Waals surface area (Å²) in [5, 5.41) is 1.45. The van der Waals surface area contributed by atoms with Gasteiger partial charge in [-0.25, -0.2) is 0 Å². The summed E-state index contributed by atoms with van der Waals surface area (Å²) in [5.41, 5.74) is 2.45. The van der Waals surface area contributed by atoms with Crippen molar-refractivity contribution in [3.8, 4) is 5.75 Å². The van der Waals surface area contributed by atoms with Gasteiger partial charge in [0.15, 0.2) is 0 Å². The van der Waals surface area contributed by atoms with Crippen molar-refractivity contribution in [1.29, 1.82) is 0 Å². The third kappa shape index (κ3) is 3.24. The summed E-state index contributed by atoms with van der Waals surface area (Å²) < 4.78 is 5.73.